The van der Waals surface area contributed by atoms with E-state index in [2.05, 4.69) is 52.4 Å². The fraction of sp³-hybridized carbons (Fsp3) is 0.368. The highest BCUT2D eigenvalue weighted by molar-refractivity contribution is 5.92. The molecule has 0 spiro atoms. The Morgan fingerprint density at radius 2 is 2.17 bits per heavy atom. The van der Waals surface area contributed by atoms with Gasteiger partial charge in [0.15, 0.2) is 5.65 Å². The molecule has 4 rings (SSSR count). The fourth-order valence-corrected chi connectivity index (χ4v) is 3.44. The van der Waals surface area contributed by atoms with Gasteiger partial charge in [0.05, 0.1) is 6.20 Å². The molecule has 1 aromatic carbocycles. The normalized spacial score (nSPS) is 17.3. The first-order valence-corrected chi connectivity index (χ1v) is 8.29. The van der Waals surface area contributed by atoms with Crippen molar-refractivity contribution in [2.75, 3.05) is 6.54 Å². The van der Waals surface area contributed by atoms with Crippen LogP contribution in [0.5, 0.6) is 0 Å². The lowest BCUT2D eigenvalue weighted by Crippen LogP contribution is -2.32. The summed E-state index contributed by atoms with van der Waals surface area (Å²) >= 11 is 0. The second-order valence-corrected chi connectivity index (χ2v) is 6.98. The van der Waals surface area contributed by atoms with E-state index in [1.165, 1.54) is 30.4 Å². The van der Waals surface area contributed by atoms with Crippen LogP contribution in [0.3, 0.4) is 0 Å². The Morgan fingerprint density at radius 3 is 2.96 bits per heavy atom. The maximum absolute atomic E-state index is 6.15. The van der Waals surface area contributed by atoms with Gasteiger partial charge in [0.2, 0.25) is 0 Å². The molecule has 1 aliphatic rings. The monoisotopic (exact) mass is 306 g/mol. The predicted octanol–water partition coefficient (Wildman–Crippen LogP) is 3.64. The average Bonchev–Trinajstić information content (AvgIpc) is 3.26. The van der Waals surface area contributed by atoms with E-state index >= 15 is 0 Å². The summed E-state index contributed by atoms with van der Waals surface area (Å²) in [4.78, 5) is 4.32. The molecule has 0 bridgehead atoms. The van der Waals surface area contributed by atoms with Crippen LogP contribution in [0.4, 0.5) is 0 Å². The summed E-state index contributed by atoms with van der Waals surface area (Å²) in [6.45, 7) is 2.98. The van der Waals surface area contributed by atoms with Crippen molar-refractivity contribution in [2.24, 2.45) is 11.7 Å². The summed E-state index contributed by atoms with van der Waals surface area (Å²) in [5.74, 6) is 0.855. The van der Waals surface area contributed by atoms with Crippen LogP contribution in [0.2, 0.25) is 0 Å². The minimum absolute atomic E-state index is 0.0553. The van der Waals surface area contributed by atoms with Crippen LogP contribution in [-0.2, 0) is 5.41 Å². The zero-order valence-electron chi connectivity index (χ0n) is 13.4. The van der Waals surface area contributed by atoms with Crippen LogP contribution < -0.4 is 5.73 Å². The largest absolute Gasteiger partial charge is 0.330 e. The Balaban J connectivity index is 1.77. The van der Waals surface area contributed by atoms with Crippen molar-refractivity contribution >= 4 is 11.0 Å². The van der Waals surface area contributed by atoms with Gasteiger partial charge in [0.25, 0.3) is 0 Å². The lowest BCUT2D eigenvalue weighted by Gasteiger charge is -2.29. The quantitative estimate of drug-likeness (QED) is 0.756. The van der Waals surface area contributed by atoms with Gasteiger partial charge < -0.3 is 5.73 Å². The Morgan fingerprint density at radius 1 is 1.30 bits per heavy atom. The second kappa shape index (κ2) is 5.46. The molecule has 23 heavy (non-hydrogen) atoms. The van der Waals surface area contributed by atoms with Crippen molar-refractivity contribution in [1.82, 2.24) is 15.2 Å². The lowest BCUT2D eigenvalue weighted by molar-refractivity contribution is 0.418. The molecule has 4 nitrogen and oxygen atoms in total. The molecule has 0 amide bonds. The zero-order chi connectivity index (χ0) is 15.9. The highest BCUT2D eigenvalue weighted by Gasteiger charge is 2.33. The first kappa shape index (κ1) is 14.4. The number of rotatable bonds is 5. The molecule has 0 aliphatic heterocycles. The third-order valence-electron chi connectivity index (χ3n) is 5.11. The molecule has 0 radical (unpaired) electrons. The number of aromatic nitrogens is 3. The summed E-state index contributed by atoms with van der Waals surface area (Å²) in [5.41, 5.74) is 10.7. The van der Waals surface area contributed by atoms with Crippen LogP contribution in [0.15, 0.2) is 42.7 Å². The standard InChI is InChI=1S/C19H22N4/c1-19(12-20,10-13-5-6-13)15-4-2-3-14(9-15)16-7-8-21-18-17(16)11-22-23-18/h2-4,7-9,11,13H,5-6,10,12,20H2,1H3,(H,21,22,23). The van der Waals surface area contributed by atoms with Gasteiger partial charge in [-0.1, -0.05) is 44.0 Å². The van der Waals surface area contributed by atoms with Gasteiger partial charge in [-0.15, -0.1) is 0 Å². The average molecular weight is 306 g/mol. The molecular formula is C19H22N4. The molecule has 3 N–H and O–H groups in total. The van der Waals surface area contributed by atoms with Crippen LogP contribution in [0.25, 0.3) is 22.2 Å². The number of aromatic amines is 1. The minimum Gasteiger partial charge on any atom is -0.330 e. The van der Waals surface area contributed by atoms with E-state index in [0.29, 0.717) is 6.54 Å². The molecule has 3 aromatic rings. The number of pyridine rings is 1. The van der Waals surface area contributed by atoms with E-state index in [4.69, 9.17) is 5.73 Å². The second-order valence-electron chi connectivity index (χ2n) is 6.98. The topological polar surface area (TPSA) is 67.6 Å². The summed E-state index contributed by atoms with van der Waals surface area (Å²) < 4.78 is 0. The summed E-state index contributed by atoms with van der Waals surface area (Å²) in [6, 6.07) is 10.8. The van der Waals surface area contributed by atoms with Crippen molar-refractivity contribution in [3.8, 4) is 11.1 Å². The molecule has 1 atom stereocenters. The predicted molar refractivity (Wildman–Crippen MR) is 93.1 cm³/mol. The SMILES string of the molecule is CC(CN)(CC1CC1)c1cccc(-c2ccnc3[nH]ncc23)c1. The fourth-order valence-electron chi connectivity index (χ4n) is 3.44. The number of fused-ring (bicyclic) bond motifs is 1. The molecule has 2 aromatic heterocycles. The molecule has 1 aliphatic carbocycles. The van der Waals surface area contributed by atoms with Crippen LogP contribution in [0.1, 0.15) is 31.7 Å². The first-order valence-electron chi connectivity index (χ1n) is 8.29. The number of hydrogen-bond donors (Lipinski definition) is 2. The van der Waals surface area contributed by atoms with Crippen molar-refractivity contribution in [1.29, 1.82) is 0 Å². The summed E-state index contributed by atoms with van der Waals surface area (Å²) in [7, 11) is 0. The molecule has 1 unspecified atom stereocenters. The van der Waals surface area contributed by atoms with Gasteiger partial charge in [0, 0.05) is 23.5 Å². The van der Waals surface area contributed by atoms with E-state index in [1.807, 2.05) is 12.4 Å². The number of hydrogen-bond acceptors (Lipinski definition) is 3. The van der Waals surface area contributed by atoms with Crippen molar-refractivity contribution in [3.05, 3.63) is 48.3 Å². The van der Waals surface area contributed by atoms with Gasteiger partial charge >= 0.3 is 0 Å². The van der Waals surface area contributed by atoms with E-state index in [1.54, 1.807) is 0 Å². The van der Waals surface area contributed by atoms with Crippen molar-refractivity contribution in [3.63, 3.8) is 0 Å². The first-order chi connectivity index (χ1) is 11.2. The van der Waals surface area contributed by atoms with E-state index in [-0.39, 0.29) is 5.41 Å². The molecule has 1 fully saturated rings. The molecule has 0 saturated heterocycles. The number of nitrogens with two attached hydrogens (primary N) is 1. The van der Waals surface area contributed by atoms with E-state index in [0.717, 1.165) is 22.5 Å². The maximum atomic E-state index is 6.15. The molecular weight excluding hydrogens is 284 g/mol. The van der Waals surface area contributed by atoms with E-state index < -0.39 is 0 Å². The van der Waals surface area contributed by atoms with Gasteiger partial charge in [-0.05, 0) is 35.1 Å². The van der Waals surface area contributed by atoms with Crippen molar-refractivity contribution < 1.29 is 0 Å². The smallest absolute Gasteiger partial charge is 0.155 e. The lowest BCUT2D eigenvalue weighted by atomic mass is 9.77. The van der Waals surface area contributed by atoms with Gasteiger partial charge in [-0.3, -0.25) is 5.10 Å². The number of nitrogens with zero attached hydrogens (tertiary/aromatic N) is 2. The van der Waals surface area contributed by atoms with Gasteiger partial charge in [-0.25, -0.2) is 4.98 Å². The molecule has 118 valence electrons. The number of benzene rings is 1. The Hall–Kier alpha value is -2.20. The molecule has 4 heteroatoms. The molecule has 1 saturated carbocycles. The summed E-state index contributed by atoms with van der Waals surface area (Å²) in [6.07, 6.45) is 7.57. The molecule has 2 heterocycles. The van der Waals surface area contributed by atoms with Gasteiger partial charge in [0.1, 0.15) is 0 Å². The van der Waals surface area contributed by atoms with Crippen molar-refractivity contribution in [2.45, 2.75) is 31.6 Å². The van der Waals surface area contributed by atoms with Crippen LogP contribution in [0, 0.1) is 5.92 Å². The van der Waals surface area contributed by atoms with E-state index in [9.17, 15) is 0 Å². The third-order valence-corrected chi connectivity index (χ3v) is 5.11. The zero-order valence-corrected chi connectivity index (χ0v) is 13.4. The highest BCUT2D eigenvalue weighted by atomic mass is 15.1. The number of nitrogens with one attached hydrogen (secondary N) is 1. The number of H-pyrrole nitrogens is 1. The Bertz CT molecular complexity index is 834. The summed E-state index contributed by atoms with van der Waals surface area (Å²) in [5, 5.41) is 8.11. The Kier molecular flexibility index (Phi) is 3.42. The van der Waals surface area contributed by atoms with Crippen LogP contribution >= 0.6 is 0 Å². The van der Waals surface area contributed by atoms with Crippen LogP contribution in [-0.4, -0.2) is 21.7 Å². The minimum atomic E-state index is 0.0553. The Labute approximate surface area is 136 Å². The van der Waals surface area contributed by atoms with Gasteiger partial charge in [-0.2, -0.15) is 5.10 Å². The maximum Gasteiger partial charge on any atom is 0.155 e. The highest BCUT2D eigenvalue weighted by Crippen LogP contribution is 2.42. The third kappa shape index (κ3) is 2.63.